The van der Waals surface area contributed by atoms with Gasteiger partial charge in [0.1, 0.15) is 5.82 Å². The Morgan fingerprint density at radius 1 is 1.24 bits per heavy atom. The highest BCUT2D eigenvalue weighted by molar-refractivity contribution is 5.44. The summed E-state index contributed by atoms with van der Waals surface area (Å²) in [5.41, 5.74) is 9.32. The molecule has 0 aliphatic rings. The lowest BCUT2D eigenvalue weighted by Crippen LogP contribution is -2.02. The average molecular weight is 229 g/mol. The van der Waals surface area contributed by atoms with Crippen LogP contribution in [0.5, 0.6) is 0 Å². The molecule has 3 heteroatoms. The van der Waals surface area contributed by atoms with Crippen LogP contribution < -0.4 is 5.73 Å². The lowest BCUT2D eigenvalue weighted by molar-refractivity contribution is 0.839. The molecule has 0 bridgehead atoms. The van der Waals surface area contributed by atoms with E-state index >= 15 is 0 Å². The van der Waals surface area contributed by atoms with Gasteiger partial charge in [-0.15, -0.1) is 0 Å². The van der Waals surface area contributed by atoms with Crippen molar-refractivity contribution in [1.82, 2.24) is 9.78 Å². The third-order valence-corrected chi connectivity index (χ3v) is 2.95. The Kier molecular flexibility index (Phi) is 3.18. The number of rotatable bonds is 3. The van der Waals surface area contributed by atoms with Crippen molar-refractivity contribution in [3.8, 4) is 5.69 Å². The van der Waals surface area contributed by atoms with Crippen LogP contribution in [0.25, 0.3) is 5.69 Å². The fourth-order valence-corrected chi connectivity index (χ4v) is 1.83. The molecule has 2 N–H and O–H groups in total. The molecule has 0 aliphatic heterocycles. The molecular weight excluding hydrogens is 210 g/mol. The Morgan fingerprint density at radius 2 is 1.88 bits per heavy atom. The van der Waals surface area contributed by atoms with Gasteiger partial charge in [-0.2, -0.15) is 5.10 Å². The van der Waals surface area contributed by atoms with E-state index in [4.69, 9.17) is 5.73 Å². The first-order valence-electron chi connectivity index (χ1n) is 6.06. The summed E-state index contributed by atoms with van der Waals surface area (Å²) in [6, 6.07) is 10.3. The van der Waals surface area contributed by atoms with Crippen LogP contribution in [0.4, 0.5) is 5.82 Å². The van der Waals surface area contributed by atoms with Gasteiger partial charge in [-0.1, -0.05) is 32.9 Å². The third kappa shape index (κ3) is 2.33. The standard InChI is InChI=1S/C14H19N3/c1-4-12-9-14(15)17(16-12)13-7-5-11(6-8-13)10(2)3/h5-10H,4,15H2,1-3H3. The molecule has 3 nitrogen and oxygen atoms in total. The topological polar surface area (TPSA) is 43.8 Å². The lowest BCUT2D eigenvalue weighted by Gasteiger charge is -2.08. The molecule has 0 aliphatic carbocycles. The van der Waals surface area contributed by atoms with E-state index in [1.54, 1.807) is 4.68 Å². The summed E-state index contributed by atoms with van der Waals surface area (Å²) in [5.74, 6) is 1.24. The molecule has 0 radical (unpaired) electrons. The lowest BCUT2D eigenvalue weighted by atomic mass is 10.0. The van der Waals surface area contributed by atoms with Crippen molar-refractivity contribution >= 4 is 5.82 Å². The number of hydrogen-bond acceptors (Lipinski definition) is 2. The molecule has 2 aromatic rings. The number of nitrogen functional groups attached to an aromatic ring is 1. The fourth-order valence-electron chi connectivity index (χ4n) is 1.83. The van der Waals surface area contributed by atoms with Crippen LogP contribution in [-0.2, 0) is 6.42 Å². The van der Waals surface area contributed by atoms with Gasteiger partial charge in [0, 0.05) is 6.07 Å². The van der Waals surface area contributed by atoms with E-state index < -0.39 is 0 Å². The normalized spacial score (nSPS) is 11.1. The van der Waals surface area contributed by atoms with Crippen molar-refractivity contribution in [3.05, 3.63) is 41.6 Å². The molecule has 0 atom stereocenters. The Bertz CT molecular complexity index is 495. The minimum Gasteiger partial charge on any atom is -0.384 e. The van der Waals surface area contributed by atoms with Gasteiger partial charge in [0.05, 0.1) is 11.4 Å². The number of benzene rings is 1. The van der Waals surface area contributed by atoms with E-state index in [0.29, 0.717) is 11.7 Å². The first-order chi connectivity index (χ1) is 8.11. The van der Waals surface area contributed by atoms with Gasteiger partial charge in [0.25, 0.3) is 0 Å². The minimum atomic E-state index is 0.547. The SMILES string of the molecule is CCc1cc(N)n(-c2ccc(C(C)C)cc2)n1. The van der Waals surface area contributed by atoms with Crippen LogP contribution in [0.1, 0.15) is 37.9 Å². The van der Waals surface area contributed by atoms with Crippen molar-refractivity contribution in [1.29, 1.82) is 0 Å². The highest BCUT2D eigenvalue weighted by Gasteiger charge is 2.06. The van der Waals surface area contributed by atoms with Crippen molar-refractivity contribution in [2.75, 3.05) is 5.73 Å². The van der Waals surface area contributed by atoms with Gasteiger partial charge in [0.15, 0.2) is 0 Å². The van der Waals surface area contributed by atoms with Crippen LogP contribution in [0.15, 0.2) is 30.3 Å². The monoisotopic (exact) mass is 229 g/mol. The summed E-state index contributed by atoms with van der Waals surface area (Å²) in [6.07, 6.45) is 0.904. The molecule has 0 amide bonds. The number of nitrogens with zero attached hydrogens (tertiary/aromatic N) is 2. The number of aromatic nitrogens is 2. The van der Waals surface area contributed by atoms with Crippen LogP contribution in [0.3, 0.4) is 0 Å². The quantitative estimate of drug-likeness (QED) is 0.878. The summed E-state index contributed by atoms with van der Waals surface area (Å²) in [7, 11) is 0. The second-order valence-electron chi connectivity index (χ2n) is 4.57. The second-order valence-corrected chi connectivity index (χ2v) is 4.57. The second kappa shape index (κ2) is 4.62. The van der Waals surface area contributed by atoms with Gasteiger partial charge < -0.3 is 5.73 Å². The van der Waals surface area contributed by atoms with E-state index in [0.717, 1.165) is 17.8 Å². The van der Waals surface area contributed by atoms with Gasteiger partial charge in [-0.25, -0.2) is 4.68 Å². The van der Waals surface area contributed by atoms with Crippen molar-refractivity contribution in [2.45, 2.75) is 33.1 Å². The molecular formula is C14H19N3. The number of anilines is 1. The first kappa shape index (κ1) is 11.7. The zero-order chi connectivity index (χ0) is 12.4. The maximum atomic E-state index is 5.95. The largest absolute Gasteiger partial charge is 0.384 e. The van der Waals surface area contributed by atoms with Gasteiger partial charge in [-0.05, 0) is 30.0 Å². The van der Waals surface area contributed by atoms with E-state index in [9.17, 15) is 0 Å². The summed E-state index contributed by atoms with van der Waals surface area (Å²) in [6.45, 7) is 6.45. The summed E-state index contributed by atoms with van der Waals surface area (Å²) in [4.78, 5) is 0. The fraction of sp³-hybridized carbons (Fsp3) is 0.357. The number of hydrogen-bond donors (Lipinski definition) is 1. The molecule has 1 aromatic carbocycles. The van der Waals surface area contributed by atoms with Crippen LogP contribution >= 0.6 is 0 Å². The van der Waals surface area contributed by atoms with Crippen molar-refractivity contribution in [3.63, 3.8) is 0 Å². The van der Waals surface area contributed by atoms with E-state index in [-0.39, 0.29) is 0 Å². The molecule has 1 heterocycles. The zero-order valence-electron chi connectivity index (χ0n) is 10.6. The Morgan fingerprint density at radius 3 is 2.35 bits per heavy atom. The van der Waals surface area contributed by atoms with Crippen LogP contribution in [0.2, 0.25) is 0 Å². The predicted octanol–water partition coefficient (Wildman–Crippen LogP) is 3.14. The number of aryl methyl sites for hydroxylation is 1. The smallest absolute Gasteiger partial charge is 0.127 e. The minimum absolute atomic E-state index is 0.547. The van der Waals surface area contributed by atoms with Gasteiger partial charge >= 0.3 is 0 Å². The molecule has 0 spiro atoms. The molecule has 90 valence electrons. The highest BCUT2D eigenvalue weighted by atomic mass is 15.3. The predicted molar refractivity (Wildman–Crippen MR) is 71.4 cm³/mol. The average Bonchev–Trinajstić information content (AvgIpc) is 2.71. The Hall–Kier alpha value is -1.77. The zero-order valence-corrected chi connectivity index (χ0v) is 10.6. The Balaban J connectivity index is 2.36. The van der Waals surface area contributed by atoms with Crippen LogP contribution in [-0.4, -0.2) is 9.78 Å². The van der Waals surface area contributed by atoms with Crippen LogP contribution in [0, 0.1) is 0 Å². The summed E-state index contributed by atoms with van der Waals surface area (Å²) in [5, 5.41) is 4.46. The summed E-state index contributed by atoms with van der Waals surface area (Å²) >= 11 is 0. The van der Waals surface area contributed by atoms with Gasteiger partial charge in [-0.3, -0.25) is 0 Å². The molecule has 0 unspecified atom stereocenters. The molecule has 1 aromatic heterocycles. The molecule has 0 fully saturated rings. The van der Waals surface area contributed by atoms with E-state index in [1.807, 2.05) is 6.07 Å². The third-order valence-electron chi connectivity index (χ3n) is 2.95. The molecule has 0 saturated heterocycles. The Labute approximate surface area is 102 Å². The maximum Gasteiger partial charge on any atom is 0.127 e. The summed E-state index contributed by atoms with van der Waals surface area (Å²) < 4.78 is 1.79. The first-order valence-corrected chi connectivity index (χ1v) is 6.06. The maximum absolute atomic E-state index is 5.95. The number of nitrogens with two attached hydrogens (primary N) is 1. The van der Waals surface area contributed by atoms with Gasteiger partial charge in [0.2, 0.25) is 0 Å². The van der Waals surface area contributed by atoms with E-state index in [2.05, 4.69) is 50.1 Å². The van der Waals surface area contributed by atoms with Crippen molar-refractivity contribution < 1.29 is 0 Å². The molecule has 0 saturated carbocycles. The molecule has 2 rings (SSSR count). The highest BCUT2D eigenvalue weighted by Crippen LogP contribution is 2.19. The van der Waals surface area contributed by atoms with Crippen molar-refractivity contribution in [2.24, 2.45) is 0 Å². The van der Waals surface area contributed by atoms with E-state index in [1.165, 1.54) is 5.56 Å². The molecule has 17 heavy (non-hydrogen) atoms.